The Balaban J connectivity index is 2.00. The lowest BCUT2D eigenvalue weighted by molar-refractivity contribution is -0.0553. The summed E-state index contributed by atoms with van der Waals surface area (Å²) in [5.41, 5.74) is 1.10. The smallest absolute Gasteiger partial charge is 0.120 e. The van der Waals surface area contributed by atoms with Crippen molar-refractivity contribution in [1.82, 2.24) is 0 Å². The van der Waals surface area contributed by atoms with Gasteiger partial charge in [-0.05, 0) is 38.8 Å². The molecule has 1 aromatic rings. The Morgan fingerprint density at radius 1 is 1.41 bits per heavy atom. The Kier molecular flexibility index (Phi) is 3.57. The molecule has 3 nitrogen and oxygen atoms in total. The average Bonchev–Trinajstić information content (AvgIpc) is 2.28. The quantitative estimate of drug-likeness (QED) is 0.873. The predicted molar refractivity (Wildman–Crippen MR) is 69.7 cm³/mol. The first-order chi connectivity index (χ1) is 8.09. The number of hydrogen-bond donors (Lipinski definition) is 1. The molecule has 0 saturated carbocycles. The van der Waals surface area contributed by atoms with Gasteiger partial charge < -0.3 is 14.8 Å². The van der Waals surface area contributed by atoms with Crippen LogP contribution in [0.3, 0.4) is 0 Å². The van der Waals surface area contributed by atoms with Gasteiger partial charge in [-0.3, -0.25) is 0 Å². The van der Waals surface area contributed by atoms with Gasteiger partial charge in [-0.2, -0.15) is 0 Å². The summed E-state index contributed by atoms with van der Waals surface area (Å²) >= 11 is 0. The third kappa shape index (κ3) is 3.37. The molecule has 0 radical (unpaired) electrons. The SMILES string of the molecule is COc1cccc(NC2CCOC(C)(C)C2)c1. The fourth-order valence-electron chi connectivity index (χ4n) is 2.30. The lowest BCUT2D eigenvalue weighted by Gasteiger charge is -2.36. The Morgan fingerprint density at radius 2 is 2.24 bits per heavy atom. The van der Waals surface area contributed by atoms with E-state index in [0.29, 0.717) is 6.04 Å². The molecule has 1 fully saturated rings. The van der Waals surface area contributed by atoms with Crippen molar-refractivity contribution in [2.24, 2.45) is 0 Å². The van der Waals surface area contributed by atoms with Crippen LogP contribution < -0.4 is 10.1 Å². The first-order valence-electron chi connectivity index (χ1n) is 6.14. The second-order valence-electron chi connectivity index (χ2n) is 5.17. The maximum atomic E-state index is 5.71. The molecule has 0 aliphatic carbocycles. The van der Waals surface area contributed by atoms with Gasteiger partial charge in [0.2, 0.25) is 0 Å². The molecule has 17 heavy (non-hydrogen) atoms. The molecule has 1 aliphatic heterocycles. The summed E-state index contributed by atoms with van der Waals surface area (Å²) in [5, 5.41) is 3.55. The Labute approximate surface area is 103 Å². The van der Waals surface area contributed by atoms with Crippen molar-refractivity contribution >= 4 is 5.69 Å². The van der Waals surface area contributed by atoms with Crippen molar-refractivity contribution in [2.45, 2.75) is 38.3 Å². The number of benzene rings is 1. The molecule has 1 unspecified atom stereocenters. The summed E-state index contributed by atoms with van der Waals surface area (Å²) in [5.74, 6) is 0.890. The van der Waals surface area contributed by atoms with E-state index < -0.39 is 0 Å². The van der Waals surface area contributed by atoms with Gasteiger partial charge in [-0.25, -0.2) is 0 Å². The minimum atomic E-state index is -0.0191. The second kappa shape index (κ2) is 4.96. The fraction of sp³-hybridized carbons (Fsp3) is 0.571. The van der Waals surface area contributed by atoms with Crippen molar-refractivity contribution in [3.63, 3.8) is 0 Å². The second-order valence-corrected chi connectivity index (χ2v) is 5.17. The van der Waals surface area contributed by atoms with Gasteiger partial charge in [0, 0.05) is 24.4 Å². The first-order valence-corrected chi connectivity index (χ1v) is 6.14. The highest BCUT2D eigenvalue weighted by molar-refractivity contribution is 5.48. The van der Waals surface area contributed by atoms with Gasteiger partial charge in [0.15, 0.2) is 0 Å². The van der Waals surface area contributed by atoms with E-state index in [4.69, 9.17) is 9.47 Å². The van der Waals surface area contributed by atoms with Gasteiger partial charge in [0.25, 0.3) is 0 Å². The number of hydrogen-bond acceptors (Lipinski definition) is 3. The van der Waals surface area contributed by atoms with E-state index in [1.165, 1.54) is 0 Å². The number of anilines is 1. The summed E-state index contributed by atoms with van der Waals surface area (Å²) in [7, 11) is 1.69. The summed E-state index contributed by atoms with van der Waals surface area (Å²) in [6.45, 7) is 5.12. The van der Waals surface area contributed by atoms with E-state index >= 15 is 0 Å². The monoisotopic (exact) mass is 235 g/mol. The van der Waals surface area contributed by atoms with Crippen LogP contribution in [-0.4, -0.2) is 25.4 Å². The molecule has 1 N–H and O–H groups in total. The fourth-order valence-corrected chi connectivity index (χ4v) is 2.30. The van der Waals surface area contributed by atoms with Crippen molar-refractivity contribution < 1.29 is 9.47 Å². The summed E-state index contributed by atoms with van der Waals surface area (Å²) in [6, 6.07) is 8.55. The van der Waals surface area contributed by atoms with Gasteiger partial charge in [-0.15, -0.1) is 0 Å². The molecule has 1 aromatic carbocycles. The Morgan fingerprint density at radius 3 is 2.94 bits per heavy atom. The molecule has 0 spiro atoms. The largest absolute Gasteiger partial charge is 0.497 e. The molecule has 0 amide bonds. The topological polar surface area (TPSA) is 30.5 Å². The maximum absolute atomic E-state index is 5.71. The van der Waals surface area contributed by atoms with E-state index in [9.17, 15) is 0 Å². The predicted octanol–water partition coefficient (Wildman–Crippen LogP) is 3.06. The van der Waals surface area contributed by atoms with Crippen LogP contribution in [0.1, 0.15) is 26.7 Å². The van der Waals surface area contributed by atoms with E-state index in [1.54, 1.807) is 7.11 Å². The van der Waals surface area contributed by atoms with Crippen LogP contribution in [0, 0.1) is 0 Å². The van der Waals surface area contributed by atoms with E-state index in [1.807, 2.05) is 18.2 Å². The molecule has 1 aliphatic rings. The van der Waals surface area contributed by atoms with E-state index in [-0.39, 0.29) is 5.60 Å². The van der Waals surface area contributed by atoms with Crippen LogP contribution in [0.4, 0.5) is 5.69 Å². The molecule has 0 aromatic heterocycles. The number of methoxy groups -OCH3 is 1. The first kappa shape index (κ1) is 12.2. The van der Waals surface area contributed by atoms with Crippen LogP contribution in [-0.2, 0) is 4.74 Å². The van der Waals surface area contributed by atoms with E-state index in [2.05, 4.69) is 25.2 Å². The zero-order valence-corrected chi connectivity index (χ0v) is 10.8. The summed E-state index contributed by atoms with van der Waals surface area (Å²) in [6.07, 6.45) is 2.09. The summed E-state index contributed by atoms with van der Waals surface area (Å²) < 4.78 is 10.9. The zero-order valence-electron chi connectivity index (χ0n) is 10.8. The highest BCUT2D eigenvalue weighted by atomic mass is 16.5. The van der Waals surface area contributed by atoms with Gasteiger partial charge in [0.1, 0.15) is 5.75 Å². The third-order valence-corrected chi connectivity index (χ3v) is 3.14. The zero-order chi connectivity index (χ0) is 12.3. The van der Waals surface area contributed by atoms with Gasteiger partial charge >= 0.3 is 0 Å². The molecule has 1 heterocycles. The Hall–Kier alpha value is -1.22. The van der Waals surface area contributed by atoms with Crippen molar-refractivity contribution in [2.75, 3.05) is 19.0 Å². The van der Waals surface area contributed by atoms with E-state index in [0.717, 1.165) is 30.9 Å². The van der Waals surface area contributed by atoms with Crippen molar-refractivity contribution in [3.8, 4) is 5.75 Å². The van der Waals surface area contributed by atoms with Gasteiger partial charge in [-0.1, -0.05) is 6.07 Å². The molecule has 1 saturated heterocycles. The highest BCUT2D eigenvalue weighted by Crippen LogP contribution is 2.27. The van der Waals surface area contributed by atoms with Crippen molar-refractivity contribution in [3.05, 3.63) is 24.3 Å². The summed E-state index contributed by atoms with van der Waals surface area (Å²) in [4.78, 5) is 0. The Bertz CT molecular complexity index is 376. The van der Waals surface area contributed by atoms with Crippen LogP contribution in [0.5, 0.6) is 5.75 Å². The minimum absolute atomic E-state index is 0.0191. The van der Waals surface area contributed by atoms with Crippen LogP contribution in [0.15, 0.2) is 24.3 Å². The lowest BCUT2D eigenvalue weighted by Crippen LogP contribution is -2.40. The normalized spacial score (nSPS) is 23.1. The minimum Gasteiger partial charge on any atom is -0.497 e. The standard InChI is InChI=1S/C14H21NO2/c1-14(2)10-12(7-8-17-14)15-11-5-4-6-13(9-11)16-3/h4-6,9,12,15H,7-8,10H2,1-3H3. The molecule has 2 rings (SSSR count). The molecule has 3 heteroatoms. The molecular formula is C14H21NO2. The number of nitrogens with one attached hydrogen (secondary N) is 1. The highest BCUT2D eigenvalue weighted by Gasteiger charge is 2.28. The van der Waals surface area contributed by atoms with Gasteiger partial charge in [0.05, 0.1) is 12.7 Å². The third-order valence-electron chi connectivity index (χ3n) is 3.14. The van der Waals surface area contributed by atoms with Crippen LogP contribution in [0.25, 0.3) is 0 Å². The molecular weight excluding hydrogens is 214 g/mol. The molecule has 1 atom stereocenters. The number of rotatable bonds is 3. The van der Waals surface area contributed by atoms with Crippen molar-refractivity contribution in [1.29, 1.82) is 0 Å². The lowest BCUT2D eigenvalue weighted by atomic mass is 9.94. The molecule has 0 bridgehead atoms. The van der Waals surface area contributed by atoms with Crippen LogP contribution >= 0.6 is 0 Å². The number of ether oxygens (including phenoxy) is 2. The average molecular weight is 235 g/mol. The van der Waals surface area contributed by atoms with Crippen LogP contribution in [0.2, 0.25) is 0 Å². The molecule has 94 valence electrons. The maximum Gasteiger partial charge on any atom is 0.120 e.